The monoisotopic (exact) mass is 431 g/mol. The number of amides is 1. The fourth-order valence-electron chi connectivity index (χ4n) is 3.10. The van der Waals surface area contributed by atoms with Gasteiger partial charge in [0.2, 0.25) is 5.96 Å². The lowest BCUT2D eigenvalue weighted by molar-refractivity contribution is 0.0975. The summed E-state index contributed by atoms with van der Waals surface area (Å²) < 4.78 is 16.2. The normalized spacial score (nSPS) is 16.3. The van der Waals surface area contributed by atoms with E-state index in [1.54, 1.807) is 24.3 Å². The van der Waals surface area contributed by atoms with Gasteiger partial charge in [-0.1, -0.05) is 11.6 Å². The van der Waals surface area contributed by atoms with E-state index in [-0.39, 0.29) is 12.0 Å². The number of methoxy groups -OCH3 is 2. The van der Waals surface area contributed by atoms with E-state index in [2.05, 4.69) is 15.6 Å². The predicted molar refractivity (Wildman–Crippen MR) is 118 cm³/mol. The molecule has 160 valence electrons. The van der Waals surface area contributed by atoms with Gasteiger partial charge < -0.3 is 19.5 Å². The summed E-state index contributed by atoms with van der Waals surface area (Å²) in [5.41, 5.74) is 2.13. The summed E-state index contributed by atoms with van der Waals surface area (Å²) in [5.74, 6) is 1.05. The lowest BCUT2D eigenvalue weighted by Gasteiger charge is -2.15. The van der Waals surface area contributed by atoms with Crippen LogP contribution in [0.3, 0.4) is 0 Å². The first-order valence-electron chi connectivity index (χ1n) is 9.72. The van der Waals surface area contributed by atoms with Gasteiger partial charge in [-0.3, -0.25) is 10.1 Å². The Balaban J connectivity index is 1.82. The van der Waals surface area contributed by atoms with Crippen LogP contribution in [0.15, 0.2) is 41.4 Å². The third kappa shape index (κ3) is 5.87. The van der Waals surface area contributed by atoms with Crippen molar-refractivity contribution in [3.05, 3.63) is 52.5 Å². The molecule has 2 aromatic rings. The smallest absolute Gasteiger partial charge is 0.258 e. The van der Waals surface area contributed by atoms with E-state index >= 15 is 0 Å². The Morgan fingerprint density at radius 3 is 2.53 bits per heavy atom. The Bertz CT molecular complexity index is 904. The van der Waals surface area contributed by atoms with Gasteiger partial charge >= 0.3 is 0 Å². The molecule has 8 heteroatoms. The van der Waals surface area contributed by atoms with Crippen molar-refractivity contribution in [2.45, 2.75) is 25.9 Å². The number of carbonyl (C=O) groups excluding carboxylic acids is 1. The number of halogens is 1. The van der Waals surface area contributed by atoms with Crippen LogP contribution in [-0.4, -0.2) is 45.3 Å². The summed E-state index contributed by atoms with van der Waals surface area (Å²) >= 11 is 6.05. The zero-order valence-electron chi connectivity index (χ0n) is 17.3. The molecule has 3 rings (SSSR count). The zero-order chi connectivity index (χ0) is 21.5. The van der Waals surface area contributed by atoms with Crippen LogP contribution >= 0.6 is 11.6 Å². The van der Waals surface area contributed by atoms with Gasteiger partial charge in [0.1, 0.15) is 11.5 Å². The lowest BCUT2D eigenvalue weighted by Crippen LogP contribution is -2.37. The number of hydrogen-bond donors (Lipinski definition) is 2. The van der Waals surface area contributed by atoms with Crippen LogP contribution in [0.25, 0.3) is 0 Å². The second-order valence-electron chi connectivity index (χ2n) is 6.96. The van der Waals surface area contributed by atoms with Crippen LogP contribution in [0.4, 0.5) is 5.69 Å². The van der Waals surface area contributed by atoms with Crippen molar-refractivity contribution in [3.8, 4) is 11.5 Å². The minimum atomic E-state index is -0.336. The second kappa shape index (κ2) is 10.3. The van der Waals surface area contributed by atoms with E-state index in [9.17, 15) is 4.79 Å². The number of ether oxygens (including phenoxy) is 3. The SMILES string of the molecule is COc1cc(OC)cc(C(=O)NC(=NCC2CCCO2)Nc2ccc(Cl)cc2C)c1. The van der Waals surface area contributed by atoms with E-state index in [0.29, 0.717) is 34.6 Å². The maximum absolute atomic E-state index is 12.9. The average Bonchev–Trinajstić information content (AvgIpc) is 3.27. The van der Waals surface area contributed by atoms with Crippen LogP contribution < -0.4 is 20.1 Å². The number of nitrogens with one attached hydrogen (secondary N) is 2. The molecule has 2 aromatic carbocycles. The number of nitrogens with zero attached hydrogens (tertiary/aromatic N) is 1. The molecule has 30 heavy (non-hydrogen) atoms. The Hall–Kier alpha value is -2.77. The molecule has 1 unspecified atom stereocenters. The number of hydrogen-bond acceptors (Lipinski definition) is 5. The first-order valence-corrected chi connectivity index (χ1v) is 10.1. The van der Waals surface area contributed by atoms with Crippen molar-refractivity contribution < 1.29 is 19.0 Å². The zero-order valence-corrected chi connectivity index (χ0v) is 18.1. The van der Waals surface area contributed by atoms with Crippen molar-refractivity contribution >= 4 is 29.2 Å². The van der Waals surface area contributed by atoms with Gasteiger partial charge in [-0.2, -0.15) is 0 Å². The molecular formula is C22H26ClN3O4. The minimum Gasteiger partial charge on any atom is -0.497 e. The highest BCUT2D eigenvalue weighted by Gasteiger charge is 2.17. The van der Waals surface area contributed by atoms with Crippen molar-refractivity contribution in [2.75, 3.05) is 32.7 Å². The Morgan fingerprint density at radius 2 is 1.93 bits per heavy atom. The van der Waals surface area contributed by atoms with Crippen LogP contribution in [0, 0.1) is 6.92 Å². The molecule has 2 N–H and O–H groups in total. The molecule has 0 aromatic heterocycles. The molecule has 1 aliphatic heterocycles. The fraction of sp³-hybridized carbons (Fsp3) is 0.364. The number of anilines is 1. The summed E-state index contributed by atoms with van der Waals surface area (Å²) in [6, 6.07) is 10.5. The van der Waals surface area contributed by atoms with E-state index in [1.165, 1.54) is 14.2 Å². The molecule has 1 heterocycles. The van der Waals surface area contributed by atoms with Gasteiger partial charge in [0.05, 0.1) is 26.9 Å². The first-order chi connectivity index (χ1) is 14.5. The summed E-state index contributed by atoms with van der Waals surface area (Å²) in [7, 11) is 3.08. The maximum atomic E-state index is 12.9. The molecule has 0 aliphatic carbocycles. The molecule has 0 bridgehead atoms. The molecule has 0 spiro atoms. The minimum absolute atomic E-state index is 0.0573. The standard InChI is InChI=1S/C22H26ClN3O4/c1-14-9-16(23)6-7-20(14)25-22(24-13-17-5-4-8-30-17)26-21(27)15-10-18(28-2)12-19(11-15)29-3/h6-7,9-12,17H,4-5,8,13H2,1-3H3,(H2,24,25,26,27). The topological polar surface area (TPSA) is 81.2 Å². The lowest BCUT2D eigenvalue weighted by atomic mass is 10.2. The van der Waals surface area contributed by atoms with Crippen LogP contribution in [0.5, 0.6) is 11.5 Å². The van der Waals surface area contributed by atoms with Crippen molar-refractivity contribution in [1.82, 2.24) is 5.32 Å². The number of benzene rings is 2. The Morgan fingerprint density at radius 1 is 1.20 bits per heavy atom. The number of guanidine groups is 1. The molecule has 7 nitrogen and oxygen atoms in total. The first kappa shape index (κ1) is 21.9. The van der Waals surface area contributed by atoms with Crippen molar-refractivity contribution in [1.29, 1.82) is 0 Å². The fourth-order valence-corrected chi connectivity index (χ4v) is 3.33. The Kier molecular flexibility index (Phi) is 7.54. The highest BCUT2D eigenvalue weighted by molar-refractivity contribution is 6.30. The number of aliphatic imine (C=N–C) groups is 1. The second-order valence-corrected chi connectivity index (χ2v) is 7.40. The number of aryl methyl sites for hydroxylation is 1. The maximum Gasteiger partial charge on any atom is 0.258 e. The molecule has 0 radical (unpaired) electrons. The predicted octanol–water partition coefficient (Wildman–Crippen LogP) is 4.04. The highest BCUT2D eigenvalue weighted by atomic mass is 35.5. The van der Waals surface area contributed by atoms with E-state index in [0.717, 1.165) is 30.7 Å². The molecular weight excluding hydrogens is 406 g/mol. The third-order valence-corrected chi connectivity index (χ3v) is 5.00. The van der Waals surface area contributed by atoms with Gasteiger partial charge in [0, 0.05) is 28.9 Å². The van der Waals surface area contributed by atoms with Crippen molar-refractivity contribution in [2.24, 2.45) is 4.99 Å². The molecule has 0 saturated carbocycles. The largest absolute Gasteiger partial charge is 0.497 e. The molecule has 1 aliphatic rings. The van der Waals surface area contributed by atoms with Crippen LogP contribution in [0.2, 0.25) is 5.02 Å². The molecule has 1 amide bonds. The van der Waals surface area contributed by atoms with Gasteiger partial charge in [0.15, 0.2) is 0 Å². The van der Waals surface area contributed by atoms with E-state index < -0.39 is 0 Å². The summed E-state index contributed by atoms with van der Waals surface area (Å²) in [6.07, 6.45) is 2.04. The van der Waals surface area contributed by atoms with Gasteiger partial charge in [-0.15, -0.1) is 0 Å². The average molecular weight is 432 g/mol. The van der Waals surface area contributed by atoms with Crippen molar-refractivity contribution in [3.63, 3.8) is 0 Å². The summed E-state index contributed by atoms with van der Waals surface area (Å²) in [4.78, 5) is 17.5. The molecule has 1 saturated heterocycles. The van der Waals surface area contributed by atoms with Gasteiger partial charge in [-0.05, 0) is 55.7 Å². The number of carbonyl (C=O) groups is 1. The van der Waals surface area contributed by atoms with Gasteiger partial charge in [-0.25, -0.2) is 4.99 Å². The third-order valence-electron chi connectivity index (χ3n) is 4.76. The van der Waals surface area contributed by atoms with Gasteiger partial charge in [0.25, 0.3) is 5.91 Å². The molecule has 1 atom stereocenters. The number of rotatable bonds is 6. The Labute approximate surface area is 181 Å². The highest BCUT2D eigenvalue weighted by Crippen LogP contribution is 2.23. The van der Waals surface area contributed by atoms with E-state index in [4.69, 9.17) is 25.8 Å². The van der Waals surface area contributed by atoms with E-state index in [1.807, 2.05) is 19.1 Å². The van der Waals surface area contributed by atoms with Crippen LogP contribution in [-0.2, 0) is 4.74 Å². The van der Waals surface area contributed by atoms with Crippen LogP contribution in [0.1, 0.15) is 28.8 Å². The molecule has 1 fully saturated rings. The summed E-state index contributed by atoms with van der Waals surface area (Å²) in [5, 5.41) is 6.69. The summed E-state index contributed by atoms with van der Waals surface area (Å²) in [6.45, 7) is 3.13. The quantitative estimate of drug-likeness (QED) is 0.533.